The zero-order valence-corrected chi connectivity index (χ0v) is 9.07. The molecule has 16 heavy (non-hydrogen) atoms. The fourth-order valence-corrected chi connectivity index (χ4v) is 1.51. The van der Waals surface area contributed by atoms with Gasteiger partial charge in [-0.05, 0) is 13.3 Å². The number of imidazole rings is 1. The minimum absolute atomic E-state index is 0.395. The topological polar surface area (TPSA) is 108 Å². The number of nitrogens with two attached hydrogens (primary N) is 2. The largest absolute Gasteiger partial charge is 0.382 e. The maximum atomic E-state index is 5.58. The zero-order chi connectivity index (χ0) is 11.5. The van der Waals surface area contributed by atoms with Crippen molar-refractivity contribution >= 4 is 5.84 Å². The quantitative estimate of drug-likeness (QED) is 0.515. The van der Waals surface area contributed by atoms with Gasteiger partial charge in [-0.2, -0.15) is 0 Å². The lowest BCUT2D eigenvalue weighted by Gasteiger charge is -2.21. The molecule has 7 nitrogen and oxygen atoms in total. The second-order valence-corrected chi connectivity index (χ2v) is 3.64. The van der Waals surface area contributed by atoms with Gasteiger partial charge in [-0.15, -0.1) is 10.3 Å². The van der Waals surface area contributed by atoms with E-state index in [1.807, 2.05) is 13.1 Å². The van der Waals surface area contributed by atoms with Crippen molar-refractivity contribution in [3.05, 3.63) is 29.5 Å². The number of aromatic amines is 1. The molecule has 2 heterocycles. The van der Waals surface area contributed by atoms with Gasteiger partial charge in [0, 0.05) is 24.4 Å². The third-order valence-corrected chi connectivity index (χ3v) is 2.19. The van der Waals surface area contributed by atoms with Crippen LogP contribution in [0, 0.1) is 6.92 Å². The van der Waals surface area contributed by atoms with Crippen molar-refractivity contribution in [1.29, 1.82) is 0 Å². The molecule has 0 bridgehead atoms. The zero-order valence-electron chi connectivity index (χ0n) is 9.07. The first-order chi connectivity index (χ1) is 7.63. The average molecular weight is 221 g/mol. The lowest BCUT2D eigenvalue weighted by atomic mass is 10.2. The Morgan fingerprint density at radius 1 is 1.44 bits per heavy atom. The van der Waals surface area contributed by atoms with Crippen LogP contribution in [0.3, 0.4) is 0 Å². The summed E-state index contributed by atoms with van der Waals surface area (Å²) in [5, 5.41) is 4.90. The minimum atomic E-state index is 0.395. The first kappa shape index (κ1) is 10.5. The van der Waals surface area contributed by atoms with Crippen molar-refractivity contribution in [1.82, 2.24) is 20.6 Å². The van der Waals surface area contributed by atoms with Crippen molar-refractivity contribution in [3.63, 3.8) is 0 Å². The van der Waals surface area contributed by atoms with Crippen LogP contribution in [0.5, 0.6) is 0 Å². The van der Waals surface area contributed by atoms with Crippen molar-refractivity contribution in [2.24, 2.45) is 16.7 Å². The molecule has 0 radical (unpaired) electrons. The summed E-state index contributed by atoms with van der Waals surface area (Å²) in [6.45, 7) is 1.95. The molecule has 0 saturated heterocycles. The van der Waals surface area contributed by atoms with E-state index in [9.17, 15) is 0 Å². The molecule has 0 aliphatic carbocycles. The fourth-order valence-electron chi connectivity index (χ4n) is 1.51. The molecule has 0 aromatic carbocycles. The number of H-pyrrole nitrogens is 1. The molecule has 0 amide bonds. The van der Waals surface area contributed by atoms with E-state index < -0.39 is 0 Å². The predicted molar refractivity (Wildman–Crippen MR) is 60.5 cm³/mol. The number of aromatic nitrogens is 2. The van der Waals surface area contributed by atoms with E-state index in [4.69, 9.17) is 11.6 Å². The molecule has 0 unspecified atom stereocenters. The Morgan fingerprint density at radius 3 is 2.88 bits per heavy atom. The first-order valence-electron chi connectivity index (χ1n) is 5.00. The van der Waals surface area contributed by atoms with Crippen LogP contribution in [0.25, 0.3) is 0 Å². The maximum absolute atomic E-state index is 5.58. The van der Waals surface area contributed by atoms with Gasteiger partial charge < -0.3 is 10.7 Å². The smallest absolute Gasteiger partial charge is 0.148 e. The van der Waals surface area contributed by atoms with Crippen molar-refractivity contribution in [2.45, 2.75) is 19.8 Å². The normalized spacial score (nSPS) is 15.5. The van der Waals surface area contributed by atoms with Gasteiger partial charge in [0.25, 0.3) is 0 Å². The van der Waals surface area contributed by atoms with Crippen LogP contribution in [-0.2, 0) is 6.42 Å². The molecular weight excluding hydrogens is 206 g/mol. The van der Waals surface area contributed by atoms with Crippen LogP contribution >= 0.6 is 0 Å². The van der Waals surface area contributed by atoms with Gasteiger partial charge >= 0.3 is 0 Å². The Morgan fingerprint density at radius 2 is 2.25 bits per heavy atom. The molecule has 0 atom stereocenters. The maximum Gasteiger partial charge on any atom is 0.148 e. The highest BCUT2D eigenvalue weighted by Crippen LogP contribution is 2.07. The molecule has 2 rings (SSSR count). The predicted octanol–water partition coefficient (Wildman–Crippen LogP) is -0.499. The highest BCUT2D eigenvalue weighted by Gasteiger charge is 2.08. The number of hydrazone groups is 1. The Balaban J connectivity index is 1.93. The number of aryl methyl sites for hydroxylation is 2. The molecule has 6 N–H and O–H groups in total. The summed E-state index contributed by atoms with van der Waals surface area (Å²) >= 11 is 0. The third kappa shape index (κ3) is 2.51. The molecule has 0 saturated carbocycles. The van der Waals surface area contributed by atoms with Crippen LogP contribution in [0.2, 0.25) is 0 Å². The lowest BCUT2D eigenvalue weighted by molar-refractivity contribution is 0.221. The Hall–Kier alpha value is -2.02. The minimum Gasteiger partial charge on any atom is -0.382 e. The van der Waals surface area contributed by atoms with Crippen LogP contribution in [-0.4, -0.2) is 21.0 Å². The summed E-state index contributed by atoms with van der Waals surface area (Å²) in [6.07, 6.45) is 5.22. The van der Waals surface area contributed by atoms with E-state index in [1.54, 1.807) is 6.08 Å². The van der Waals surface area contributed by atoms with E-state index >= 15 is 0 Å². The molecule has 1 aromatic heterocycles. The molecule has 0 spiro atoms. The van der Waals surface area contributed by atoms with Gasteiger partial charge in [0.2, 0.25) is 0 Å². The van der Waals surface area contributed by atoms with Crippen LogP contribution < -0.4 is 17.0 Å². The van der Waals surface area contributed by atoms with Gasteiger partial charge in [-0.25, -0.2) is 10.8 Å². The number of nitrogens with zero attached hydrogens (tertiary/aromatic N) is 3. The second-order valence-electron chi connectivity index (χ2n) is 3.64. The summed E-state index contributed by atoms with van der Waals surface area (Å²) in [5.41, 5.74) is 10.4. The number of amidine groups is 1. The van der Waals surface area contributed by atoms with Gasteiger partial charge in [-0.1, -0.05) is 0 Å². The van der Waals surface area contributed by atoms with Gasteiger partial charge in [0.05, 0.1) is 5.69 Å². The molecule has 1 aliphatic heterocycles. The SMILES string of the molecule is Cc1c[nH]c(CCC2=CC(N)=NN(N)N2)n1. The summed E-state index contributed by atoms with van der Waals surface area (Å²) in [7, 11) is 0. The van der Waals surface area contributed by atoms with E-state index in [0.29, 0.717) is 5.84 Å². The number of allylic oxidation sites excluding steroid dienone is 1. The Labute approximate surface area is 93.1 Å². The summed E-state index contributed by atoms with van der Waals surface area (Å²) in [5.74, 6) is 6.82. The van der Waals surface area contributed by atoms with E-state index in [-0.39, 0.29) is 0 Å². The standard InChI is InChI=1S/C9H15N7/c1-6-5-12-9(13-6)3-2-7-4-8(10)15-16(11)14-7/h4-5,14H,2-3,11H2,1H3,(H2,10,15)(H,12,13). The monoisotopic (exact) mass is 221 g/mol. The highest BCUT2D eigenvalue weighted by atomic mass is 15.8. The summed E-state index contributed by atoms with van der Waals surface area (Å²) in [4.78, 5) is 7.41. The number of hydrogen-bond acceptors (Lipinski definition) is 6. The Bertz CT molecular complexity index is 431. The van der Waals surface area contributed by atoms with E-state index in [1.165, 1.54) is 0 Å². The number of rotatable bonds is 3. The fraction of sp³-hybridized carbons (Fsp3) is 0.333. The number of hydrazine groups is 2. The van der Waals surface area contributed by atoms with Gasteiger partial charge in [0.15, 0.2) is 0 Å². The molecule has 7 heteroatoms. The molecule has 0 fully saturated rings. The van der Waals surface area contributed by atoms with Crippen molar-refractivity contribution in [2.75, 3.05) is 0 Å². The van der Waals surface area contributed by atoms with E-state index in [0.717, 1.165) is 35.3 Å². The number of hydrogen-bond donors (Lipinski definition) is 4. The van der Waals surface area contributed by atoms with Crippen molar-refractivity contribution < 1.29 is 0 Å². The van der Waals surface area contributed by atoms with Gasteiger partial charge in [0.1, 0.15) is 11.7 Å². The molecule has 86 valence electrons. The highest BCUT2D eigenvalue weighted by molar-refractivity contribution is 5.92. The first-order valence-corrected chi connectivity index (χ1v) is 5.00. The summed E-state index contributed by atoms with van der Waals surface area (Å²) < 4.78 is 0. The molecule has 1 aliphatic rings. The van der Waals surface area contributed by atoms with Crippen LogP contribution in [0.1, 0.15) is 17.9 Å². The molecule has 1 aromatic rings. The van der Waals surface area contributed by atoms with Crippen LogP contribution in [0.15, 0.2) is 23.1 Å². The number of nitrogens with one attached hydrogen (secondary N) is 2. The third-order valence-electron chi connectivity index (χ3n) is 2.19. The second kappa shape index (κ2) is 4.23. The van der Waals surface area contributed by atoms with E-state index in [2.05, 4.69) is 20.5 Å². The van der Waals surface area contributed by atoms with Crippen LogP contribution in [0.4, 0.5) is 0 Å². The molecular formula is C9H15N7. The lowest BCUT2D eigenvalue weighted by Crippen LogP contribution is -2.43. The van der Waals surface area contributed by atoms with Gasteiger partial charge in [-0.3, -0.25) is 5.43 Å². The average Bonchev–Trinajstić information content (AvgIpc) is 2.60. The van der Waals surface area contributed by atoms with Crippen molar-refractivity contribution in [3.8, 4) is 0 Å². The summed E-state index contributed by atoms with van der Waals surface area (Å²) in [6, 6.07) is 0. The Kier molecular flexibility index (Phi) is 2.78.